The predicted molar refractivity (Wildman–Crippen MR) is 73.3 cm³/mol. The summed E-state index contributed by atoms with van der Waals surface area (Å²) in [5.74, 6) is -0.163. The highest BCUT2D eigenvalue weighted by Gasteiger charge is 2.23. The van der Waals surface area contributed by atoms with Crippen molar-refractivity contribution in [3.63, 3.8) is 0 Å². The van der Waals surface area contributed by atoms with Crippen LogP contribution in [-0.2, 0) is 17.6 Å². The zero-order valence-corrected chi connectivity index (χ0v) is 11.9. The summed E-state index contributed by atoms with van der Waals surface area (Å²) in [5, 5.41) is 0. The fourth-order valence-electron chi connectivity index (χ4n) is 3.09. The lowest BCUT2D eigenvalue weighted by Crippen LogP contribution is -2.16. The predicted octanol–water partition coefficient (Wildman–Crippen LogP) is 3.67. The van der Waals surface area contributed by atoms with Crippen LogP contribution in [0.4, 0.5) is 0 Å². The minimum Gasteiger partial charge on any atom is -0.462 e. The van der Waals surface area contributed by atoms with Crippen LogP contribution in [0.3, 0.4) is 0 Å². The number of carbonyl (C=O) groups excluding carboxylic acids is 1. The molecule has 0 atom stereocenters. The van der Waals surface area contributed by atoms with Gasteiger partial charge in [0.25, 0.3) is 0 Å². The highest BCUT2D eigenvalue weighted by Crippen LogP contribution is 2.32. The molecule has 0 radical (unpaired) electrons. The first-order chi connectivity index (χ1) is 8.57. The van der Waals surface area contributed by atoms with Crippen molar-refractivity contribution in [2.24, 2.45) is 0 Å². The molecule has 0 heterocycles. The van der Waals surface area contributed by atoms with Crippen LogP contribution in [0.2, 0.25) is 0 Å². The molecule has 1 aliphatic rings. The van der Waals surface area contributed by atoms with E-state index in [1.165, 1.54) is 29.5 Å². The van der Waals surface area contributed by atoms with Gasteiger partial charge in [-0.15, -0.1) is 0 Å². The molecule has 2 nitrogen and oxygen atoms in total. The number of benzene rings is 1. The smallest absolute Gasteiger partial charge is 0.338 e. The molecule has 0 N–H and O–H groups in total. The third kappa shape index (κ3) is 2.05. The summed E-state index contributed by atoms with van der Waals surface area (Å²) < 4.78 is 5.20. The number of hydrogen-bond acceptors (Lipinski definition) is 2. The molecule has 1 aliphatic carbocycles. The van der Waals surface area contributed by atoms with Crippen molar-refractivity contribution in [1.82, 2.24) is 0 Å². The fourth-order valence-corrected chi connectivity index (χ4v) is 3.09. The summed E-state index contributed by atoms with van der Waals surface area (Å²) in [7, 11) is 0. The normalized spacial score (nSPS) is 14.2. The summed E-state index contributed by atoms with van der Waals surface area (Å²) in [6, 6.07) is 0. The number of ether oxygens (including phenoxy) is 1. The summed E-state index contributed by atoms with van der Waals surface area (Å²) >= 11 is 0. The Morgan fingerprint density at radius 3 is 2.11 bits per heavy atom. The van der Waals surface area contributed by atoms with Crippen LogP contribution in [0.25, 0.3) is 0 Å². The first-order valence-electron chi connectivity index (χ1n) is 6.86. The van der Waals surface area contributed by atoms with E-state index < -0.39 is 0 Å². The van der Waals surface area contributed by atoms with Crippen molar-refractivity contribution in [1.29, 1.82) is 0 Å². The van der Waals surface area contributed by atoms with Crippen LogP contribution in [0, 0.1) is 20.8 Å². The van der Waals surface area contributed by atoms with Crippen molar-refractivity contribution in [3.05, 3.63) is 33.4 Å². The Morgan fingerprint density at radius 1 is 1.00 bits per heavy atom. The van der Waals surface area contributed by atoms with Crippen LogP contribution in [-0.4, -0.2) is 12.6 Å². The fraction of sp³-hybridized carbons (Fsp3) is 0.562. The van der Waals surface area contributed by atoms with Gasteiger partial charge in [0.2, 0.25) is 0 Å². The van der Waals surface area contributed by atoms with Gasteiger partial charge in [-0.1, -0.05) is 0 Å². The topological polar surface area (TPSA) is 26.3 Å². The van der Waals surface area contributed by atoms with E-state index in [0.29, 0.717) is 6.61 Å². The Labute approximate surface area is 109 Å². The van der Waals surface area contributed by atoms with Crippen LogP contribution in [0.1, 0.15) is 57.9 Å². The van der Waals surface area contributed by atoms with Crippen molar-refractivity contribution in [2.45, 2.75) is 53.4 Å². The van der Waals surface area contributed by atoms with Gasteiger partial charge in [-0.2, -0.15) is 0 Å². The molecule has 1 aromatic rings. The molecule has 0 spiro atoms. The van der Waals surface area contributed by atoms with E-state index in [2.05, 4.69) is 13.8 Å². The van der Waals surface area contributed by atoms with Gasteiger partial charge in [-0.05, 0) is 81.2 Å². The number of carbonyl (C=O) groups is 1. The van der Waals surface area contributed by atoms with Gasteiger partial charge in [0.1, 0.15) is 0 Å². The van der Waals surface area contributed by atoms with Gasteiger partial charge in [0, 0.05) is 0 Å². The lowest BCUT2D eigenvalue weighted by molar-refractivity contribution is 0.0524. The van der Waals surface area contributed by atoms with Gasteiger partial charge in [0.05, 0.1) is 12.2 Å². The first-order valence-corrected chi connectivity index (χ1v) is 6.86. The molecule has 0 unspecified atom stereocenters. The van der Waals surface area contributed by atoms with Gasteiger partial charge < -0.3 is 4.74 Å². The second-order valence-corrected chi connectivity index (χ2v) is 5.13. The molecular formula is C16H22O2. The summed E-state index contributed by atoms with van der Waals surface area (Å²) in [6.07, 6.45) is 4.77. The highest BCUT2D eigenvalue weighted by atomic mass is 16.5. The molecule has 0 amide bonds. The molecule has 0 aliphatic heterocycles. The lowest BCUT2D eigenvalue weighted by atomic mass is 9.81. The number of fused-ring (bicyclic) bond motifs is 1. The maximum absolute atomic E-state index is 12.1. The van der Waals surface area contributed by atoms with Crippen LogP contribution in [0.15, 0.2) is 0 Å². The largest absolute Gasteiger partial charge is 0.462 e. The third-order valence-electron chi connectivity index (χ3n) is 4.17. The zero-order valence-electron chi connectivity index (χ0n) is 11.9. The summed E-state index contributed by atoms with van der Waals surface area (Å²) in [6.45, 7) is 8.55. The van der Waals surface area contributed by atoms with E-state index in [1.807, 2.05) is 13.8 Å². The van der Waals surface area contributed by atoms with Crippen molar-refractivity contribution in [3.8, 4) is 0 Å². The molecule has 0 saturated carbocycles. The maximum atomic E-state index is 12.1. The van der Waals surface area contributed by atoms with Crippen molar-refractivity contribution < 1.29 is 9.53 Å². The van der Waals surface area contributed by atoms with E-state index in [0.717, 1.165) is 29.5 Å². The third-order valence-corrected chi connectivity index (χ3v) is 4.17. The zero-order chi connectivity index (χ0) is 13.3. The molecule has 0 aromatic heterocycles. The molecule has 2 rings (SSSR count). The number of hydrogen-bond donors (Lipinski definition) is 0. The monoisotopic (exact) mass is 246 g/mol. The average Bonchev–Trinajstić information content (AvgIpc) is 2.37. The Balaban J connectivity index is 2.60. The van der Waals surface area contributed by atoms with Crippen LogP contribution in [0.5, 0.6) is 0 Å². The molecule has 18 heavy (non-hydrogen) atoms. The Bertz CT molecular complexity index is 487. The van der Waals surface area contributed by atoms with E-state index in [4.69, 9.17) is 4.74 Å². The first kappa shape index (κ1) is 13.1. The minimum absolute atomic E-state index is 0.163. The van der Waals surface area contributed by atoms with Gasteiger partial charge in [-0.25, -0.2) is 4.79 Å². The second kappa shape index (κ2) is 5.13. The minimum atomic E-state index is -0.163. The average molecular weight is 246 g/mol. The Kier molecular flexibility index (Phi) is 3.74. The van der Waals surface area contributed by atoms with E-state index in [9.17, 15) is 4.79 Å². The van der Waals surface area contributed by atoms with Gasteiger partial charge in [0.15, 0.2) is 0 Å². The van der Waals surface area contributed by atoms with Crippen LogP contribution >= 0.6 is 0 Å². The maximum Gasteiger partial charge on any atom is 0.338 e. The summed E-state index contributed by atoms with van der Waals surface area (Å²) in [5.41, 5.74) is 7.21. The molecule has 0 bridgehead atoms. The molecular weight excluding hydrogens is 224 g/mol. The summed E-state index contributed by atoms with van der Waals surface area (Å²) in [4.78, 5) is 12.1. The number of rotatable bonds is 2. The van der Waals surface area contributed by atoms with Gasteiger partial charge in [-0.3, -0.25) is 0 Å². The van der Waals surface area contributed by atoms with Crippen molar-refractivity contribution >= 4 is 5.97 Å². The van der Waals surface area contributed by atoms with Gasteiger partial charge >= 0.3 is 5.97 Å². The number of esters is 1. The SMILES string of the molecule is CCOC(=O)c1c(C)c(C)c2c(c1C)CCCC2. The molecule has 2 heteroatoms. The van der Waals surface area contributed by atoms with E-state index in [1.54, 1.807) is 0 Å². The Hall–Kier alpha value is -1.31. The molecule has 0 saturated heterocycles. The molecule has 1 aromatic carbocycles. The Morgan fingerprint density at radius 2 is 1.56 bits per heavy atom. The molecule has 98 valence electrons. The standard InChI is InChI=1S/C16H22O2/c1-5-18-16(17)15-11(3)10(2)13-8-6-7-9-14(13)12(15)4/h5-9H2,1-4H3. The van der Waals surface area contributed by atoms with Crippen LogP contribution < -0.4 is 0 Å². The quantitative estimate of drug-likeness (QED) is 0.744. The molecule has 0 fully saturated rings. The van der Waals surface area contributed by atoms with E-state index >= 15 is 0 Å². The second-order valence-electron chi connectivity index (χ2n) is 5.13. The van der Waals surface area contributed by atoms with E-state index in [-0.39, 0.29) is 5.97 Å². The lowest BCUT2D eigenvalue weighted by Gasteiger charge is -2.24. The van der Waals surface area contributed by atoms with Crippen molar-refractivity contribution in [2.75, 3.05) is 6.61 Å². The highest BCUT2D eigenvalue weighted by molar-refractivity contribution is 5.94.